The smallest absolute Gasteiger partial charge is 0.303 e. The van der Waals surface area contributed by atoms with E-state index in [0.717, 1.165) is 5.56 Å². The van der Waals surface area contributed by atoms with Gasteiger partial charge in [-0.05, 0) is 39.3 Å². The van der Waals surface area contributed by atoms with Gasteiger partial charge in [-0.2, -0.15) is 0 Å². The zero-order valence-corrected chi connectivity index (χ0v) is 12.1. The van der Waals surface area contributed by atoms with Crippen molar-refractivity contribution in [3.8, 4) is 0 Å². The van der Waals surface area contributed by atoms with Gasteiger partial charge in [0, 0.05) is 12.0 Å². The zero-order valence-electron chi connectivity index (χ0n) is 11.3. The highest BCUT2D eigenvalue weighted by molar-refractivity contribution is 7.89. The number of carbonyl (C=O) groups is 1. The number of rotatable bonds is 6. The number of carboxylic acid groups (broad SMARTS) is 1. The Morgan fingerprint density at radius 1 is 1.26 bits per heavy atom. The van der Waals surface area contributed by atoms with Gasteiger partial charge in [0.05, 0.1) is 4.90 Å². The predicted molar refractivity (Wildman–Crippen MR) is 72.4 cm³/mol. The molecule has 0 atom stereocenters. The van der Waals surface area contributed by atoms with Gasteiger partial charge in [-0.3, -0.25) is 4.79 Å². The monoisotopic (exact) mass is 285 g/mol. The van der Waals surface area contributed by atoms with Gasteiger partial charge in [0.1, 0.15) is 0 Å². The van der Waals surface area contributed by atoms with Crippen molar-refractivity contribution in [2.75, 3.05) is 0 Å². The summed E-state index contributed by atoms with van der Waals surface area (Å²) in [6.07, 6.45) is 0.150. The van der Waals surface area contributed by atoms with Crippen LogP contribution in [-0.4, -0.2) is 25.0 Å². The van der Waals surface area contributed by atoms with Crippen LogP contribution < -0.4 is 4.72 Å². The highest BCUT2D eigenvalue weighted by Gasteiger charge is 2.26. The summed E-state index contributed by atoms with van der Waals surface area (Å²) in [7, 11) is -3.63. The van der Waals surface area contributed by atoms with Crippen molar-refractivity contribution in [3.63, 3.8) is 0 Å². The van der Waals surface area contributed by atoms with E-state index < -0.39 is 21.5 Å². The molecule has 0 saturated carbocycles. The van der Waals surface area contributed by atoms with Crippen molar-refractivity contribution in [1.29, 1.82) is 0 Å². The van der Waals surface area contributed by atoms with Crippen molar-refractivity contribution in [2.45, 2.75) is 44.0 Å². The maximum Gasteiger partial charge on any atom is 0.303 e. The lowest BCUT2D eigenvalue weighted by molar-refractivity contribution is -0.137. The summed E-state index contributed by atoms with van der Waals surface area (Å²) in [6.45, 7) is 5.21. The van der Waals surface area contributed by atoms with Crippen molar-refractivity contribution in [2.24, 2.45) is 0 Å². The summed E-state index contributed by atoms with van der Waals surface area (Å²) < 4.78 is 26.8. The molecule has 0 aliphatic carbocycles. The summed E-state index contributed by atoms with van der Waals surface area (Å²) in [6, 6.07) is 6.51. The van der Waals surface area contributed by atoms with E-state index in [0.29, 0.717) is 0 Å². The first-order chi connectivity index (χ1) is 8.62. The van der Waals surface area contributed by atoms with E-state index in [1.54, 1.807) is 26.0 Å². The van der Waals surface area contributed by atoms with Gasteiger partial charge in [0.25, 0.3) is 0 Å². The van der Waals surface area contributed by atoms with Crippen LogP contribution in [-0.2, 0) is 14.8 Å². The largest absolute Gasteiger partial charge is 0.481 e. The van der Waals surface area contributed by atoms with E-state index in [1.807, 2.05) is 6.92 Å². The molecule has 0 radical (unpaired) electrons. The van der Waals surface area contributed by atoms with Crippen LogP contribution in [0.5, 0.6) is 0 Å². The molecule has 19 heavy (non-hydrogen) atoms. The van der Waals surface area contributed by atoms with Crippen LogP contribution in [0.4, 0.5) is 0 Å². The molecule has 106 valence electrons. The van der Waals surface area contributed by atoms with Crippen LogP contribution >= 0.6 is 0 Å². The molecule has 1 rings (SSSR count). The quantitative estimate of drug-likeness (QED) is 0.836. The molecule has 0 spiro atoms. The fraction of sp³-hybridized carbons (Fsp3) is 0.462. The van der Waals surface area contributed by atoms with Crippen LogP contribution in [0.1, 0.15) is 32.3 Å². The minimum atomic E-state index is -3.63. The fourth-order valence-electron chi connectivity index (χ4n) is 1.61. The van der Waals surface area contributed by atoms with E-state index >= 15 is 0 Å². The normalized spacial score (nSPS) is 12.4. The number of benzene rings is 1. The number of hydrogen-bond donors (Lipinski definition) is 2. The lowest BCUT2D eigenvalue weighted by Gasteiger charge is -2.25. The highest BCUT2D eigenvalue weighted by atomic mass is 32.2. The number of aliphatic carboxylic acids is 1. The zero-order chi connectivity index (χ0) is 14.7. The number of aryl methyl sites for hydroxylation is 1. The Bertz CT molecular complexity index is 547. The third kappa shape index (κ3) is 5.00. The Hall–Kier alpha value is -1.40. The number of nitrogens with one attached hydrogen (secondary N) is 1. The van der Waals surface area contributed by atoms with Crippen molar-refractivity contribution in [3.05, 3.63) is 29.8 Å². The number of hydrogen-bond acceptors (Lipinski definition) is 3. The Morgan fingerprint density at radius 2 is 1.79 bits per heavy atom. The average Bonchev–Trinajstić information content (AvgIpc) is 2.26. The Labute approximate surface area is 113 Å². The number of sulfonamides is 1. The van der Waals surface area contributed by atoms with Gasteiger partial charge in [-0.15, -0.1) is 0 Å². The molecule has 0 aliphatic rings. The molecule has 0 fully saturated rings. The second kappa shape index (κ2) is 5.71. The van der Waals surface area contributed by atoms with E-state index in [9.17, 15) is 13.2 Å². The molecule has 0 aromatic heterocycles. The van der Waals surface area contributed by atoms with Crippen molar-refractivity contribution < 1.29 is 18.3 Å². The molecule has 0 saturated heterocycles. The summed E-state index contributed by atoms with van der Waals surface area (Å²) in [5, 5.41) is 8.65. The molecule has 0 heterocycles. The van der Waals surface area contributed by atoms with E-state index in [4.69, 9.17) is 5.11 Å². The summed E-state index contributed by atoms with van der Waals surface area (Å²) >= 11 is 0. The van der Waals surface area contributed by atoms with Gasteiger partial charge in [0.15, 0.2) is 0 Å². The van der Waals surface area contributed by atoms with Gasteiger partial charge in [0.2, 0.25) is 10.0 Å². The molecule has 1 aromatic rings. The average molecular weight is 285 g/mol. The molecular weight excluding hydrogens is 266 g/mol. The Kier molecular flexibility index (Phi) is 4.70. The lowest BCUT2D eigenvalue weighted by atomic mass is 10.0. The van der Waals surface area contributed by atoms with Crippen molar-refractivity contribution >= 4 is 16.0 Å². The van der Waals surface area contributed by atoms with Crippen LogP contribution in [0.25, 0.3) is 0 Å². The topological polar surface area (TPSA) is 83.5 Å². The molecule has 0 aliphatic heterocycles. The van der Waals surface area contributed by atoms with E-state index in [1.165, 1.54) is 12.1 Å². The third-order valence-corrected chi connectivity index (χ3v) is 4.42. The first-order valence-corrected chi connectivity index (χ1v) is 7.43. The lowest BCUT2D eigenvalue weighted by Crippen LogP contribution is -2.43. The molecule has 0 amide bonds. The van der Waals surface area contributed by atoms with Crippen LogP contribution in [0.15, 0.2) is 29.2 Å². The van der Waals surface area contributed by atoms with E-state index in [2.05, 4.69) is 4.72 Å². The van der Waals surface area contributed by atoms with Crippen LogP contribution in [0.2, 0.25) is 0 Å². The fourth-order valence-corrected chi connectivity index (χ4v) is 3.05. The molecule has 1 aromatic carbocycles. The van der Waals surface area contributed by atoms with E-state index in [-0.39, 0.29) is 17.7 Å². The second-order valence-electron chi connectivity index (χ2n) is 5.20. The van der Waals surface area contributed by atoms with Crippen LogP contribution in [0, 0.1) is 6.92 Å². The maximum atomic E-state index is 12.1. The molecule has 2 N–H and O–H groups in total. The third-order valence-electron chi connectivity index (χ3n) is 2.71. The Balaban J connectivity index is 2.84. The standard InChI is InChI=1S/C13H19NO4S/c1-10-4-6-11(7-5-10)19(17,18)14-13(2,3)9-8-12(15)16/h4-7,14H,8-9H2,1-3H3,(H,15,16). The molecule has 5 nitrogen and oxygen atoms in total. The molecular formula is C13H19NO4S. The second-order valence-corrected chi connectivity index (χ2v) is 6.88. The first-order valence-electron chi connectivity index (χ1n) is 5.95. The van der Waals surface area contributed by atoms with Gasteiger partial charge in [-0.25, -0.2) is 13.1 Å². The molecule has 0 bridgehead atoms. The molecule has 6 heteroatoms. The van der Waals surface area contributed by atoms with Crippen molar-refractivity contribution in [1.82, 2.24) is 4.72 Å². The van der Waals surface area contributed by atoms with Gasteiger partial charge >= 0.3 is 5.97 Å². The minimum absolute atomic E-state index is 0.0799. The maximum absolute atomic E-state index is 12.1. The number of carboxylic acids is 1. The highest BCUT2D eigenvalue weighted by Crippen LogP contribution is 2.17. The van der Waals surface area contributed by atoms with Crippen LogP contribution in [0.3, 0.4) is 0 Å². The summed E-state index contributed by atoms with van der Waals surface area (Å²) in [5.74, 6) is -0.942. The SMILES string of the molecule is Cc1ccc(S(=O)(=O)NC(C)(C)CCC(=O)O)cc1. The first kappa shape index (κ1) is 15.7. The summed E-state index contributed by atoms with van der Waals surface area (Å²) in [4.78, 5) is 10.7. The molecule has 0 unspecified atom stereocenters. The van der Waals surface area contributed by atoms with Gasteiger partial charge < -0.3 is 5.11 Å². The summed E-state index contributed by atoms with van der Waals surface area (Å²) in [5.41, 5.74) is 0.173. The predicted octanol–water partition coefficient (Wildman–Crippen LogP) is 1.92. The Morgan fingerprint density at radius 3 is 2.26 bits per heavy atom. The van der Waals surface area contributed by atoms with Gasteiger partial charge in [-0.1, -0.05) is 17.7 Å². The minimum Gasteiger partial charge on any atom is -0.481 e.